The van der Waals surface area contributed by atoms with Crippen molar-refractivity contribution in [3.63, 3.8) is 0 Å². The lowest BCUT2D eigenvalue weighted by atomic mass is 9.88. The average Bonchev–Trinajstić information content (AvgIpc) is 2.32. The van der Waals surface area contributed by atoms with Gasteiger partial charge in [0.15, 0.2) is 5.96 Å². The first kappa shape index (κ1) is 16.3. The highest BCUT2D eigenvalue weighted by atomic mass is 15.2. The third-order valence-electron chi connectivity index (χ3n) is 3.92. The second-order valence-corrected chi connectivity index (χ2v) is 6.79. The molecule has 0 aromatic heterocycles. The van der Waals surface area contributed by atoms with E-state index < -0.39 is 0 Å². The largest absolute Gasteiger partial charge is 0.370 e. The number of aliphatic imine (C=N–C) groups is 1. The maximum Gasteiger partial charge on any atom is 0.188 e. The second-order valence-electron chi connectivity index (χ2n) is 6.79. The van der Waals surface area contributed by atoms with E-state index in [1.54, 1.807) is 0 Å². The van der Waals surface area contributed by atoms with Crippen molar-refractivity contribution >= 4 is 5.96 Å². The lowest BCUT2D eigenvalue weighted by Crippen LogP contribution is -2.53. The highest BCUT2D eigenvalue weighted by molar-refractivity contribution is 5.77. The van der Waals surface area contributed by atoms with E-state index in [1.165, 1.54) is 19.5 Å². The van der Waals surface area contributed by atoms with Crippen molar-refractivity contribution < 1.29 is 0 Å². The Labute approximate surface area is 118 Å². The van der Waals surface area contributed by atoms with Gasteiger partial charge in [-0.05, 0) is 38.5 Å². The normalized spacial score (nSPS) is 26.5. The van der Waals surface area contributed by atoms with Gasteiger partial charge in [-0.1, -0.05) is 20.8 Å². The van der Waals surface area contributed by atoms with Crippen molar-refractivity contribution in [3.05, 3.63) is 0 Å². The Bertz CT molecular complexity index is 289. The van der Waals surface area contributed by atoms with Crippen LogP contribution in [0.4, 0.5) is 0 Å². The number of hydrogen-bond donors (Lipinski definition) is 2. The maximum atomic E-state index is 5.87. The molecule has 2 atom stereocenters. The Morgan fingerprint density at radius 1 is 1.32 bits per heavy atom. The first-order chi connectivity index (χ1) is 8.85. The van der Waals surface area contributed by atoms with E-state index in [9.17, 15) is 0 Å². The molecule has 1 aliphatic heterocycles. The summed E-state index contributed by atoms with van der Waals surface area (Å²) in [4.78, 5) is 7.07. The number of guanidine groups is 1. The molecule has 1 saturated heterocycles. The maximum absolute atomic E-state index is 5.87. The van der Waals surface area contributed by atoms with Gasteiger partial charge in [-0.15, -0.1) is 0 Å². The fourth-order valence-corrected chi connectivity index (χ4v) is 2.84. The molecule has 0 amide bonds. The van der Waals surface area contributed by atoms with Gasteiger partial charge in [0, 0.05) is 25.2 Å². The van der Waals surface area contributed by atoms with E-state index in [2.05, 4.69) is 49.8 Å². The summed E-state index contributed by atoms with van der Waals surface area (Å²) >= 11 is 0. The average molecular weight is 268 g/mol. The molecule has 0 saturated carbocycles. The van der Waals surface area contributed by atoms with Crippen molar-refractivity contribution in [3.8, 4) is 0 Å². The molecule has 0 aromatic carbocycles. The summed E-state index contributed by atoms with van der Waals surface area (Å²) in [6.07, 6.45) is 2.41. The molecule has 2 unspecified atom stereocenters. The topological polar surface area (TPSA) is 53.6 Å². The Kier molecular flexibility index (Phi) is 6.11. The zero-order chi connectivity index (χ0) is 14.5. The smallest absolute Gasteiger partial charge is 0.188 e. The van der Waals surface area contributed by atoms with Crippen LogP contribution < -0.4 is 11.1 Å². The Morgan fingerprint density at radius 2 is 1.89 bits per heavy atom. The van der Waals surface area contributed by atoms with Crippen LogP contribution in [-0.4, -0.2) is 42.6 Å². The van der Waals surface area contributed by atoms with E-state index >= 15 is 0 Å². The third-order valence-corrected chi connectivity index (χ3v) is 3.92. The highest BCUT2D eigenvalue weighted by Crippen LogP contribution is 2.27. The Balaban J connectivity index is 2.54. The molecule has 112 valence electrons. The molecule has 4 nitrogen and oxygen atoms in total. The number of rotatable bonds is 5. The molecular formula is C15H32N4. The fourth-order valence-electron chi connectivity index (χ4n) is 2.84. The molecule has 0 spiro atoms. The minimum Gasteiger partial charge on any atom is -0.370 e. The van der Waals surface area contributed by atoms with Crippen molar-refractivity contribution in [1.29, 1.82) is 0 Å². The predicted molar refractivity (Wildman–Crippen MR) is 83.4 cm³/mol. The molecule has 0 radical (unpaired) electrons. The Hall–Kier alpha value is -0.770. The number of piperidine rings is 1. The monoisotopic (exact) mass is 268 g/mol. The summed E-state index contributed by atoms with van der Waals surface area (Å²) in [6.45, 7) is 15.4. The zero-order valence-electron chi connectivity index (χ0n) is 13.4. The van der Waals surface area contributed by atoms with Gasteiger partial charge in [-0.25, -0.2) is 0 Å². The van der Waals surface area contributed by atoms with Crippen LogP contribution in [0, 0.1) is 11.8 Å². The standard InChI is InChI=1S/C15H32N4/c1-6-7-17-14(16)18-11-15(4,5)19-9-12(2)8-13(3)10-19/h12-13H,6-11H2,1-5H3,(H3,16,17,18). The molecule has 0 bridgehead atoms. The van der Waals surface area contributed by atoms with Gasteiger partial charge in [0.25, 0.3) is 0 Å². The summed E-state index contributed by atoms with van der Waals surface area (Å²) in [7, 11) is 0. The quantitative estimate of drug-likeness (QED) is 0.593. The van der Waals surface area contributed by atoms with E-state index in [1.807, 2.05) is 0 Å². The van der Waals surface area contributed by atoms with Gasteiger partial charge in [-0.2, -0.15) is 0 Å². The summed E-state index contributed by atoms with van der Waals surface area (Å²) < 4.78 is 0. The van der Waals surface area contributed by atoms with Crippen molar-refractivity contribution in [2.45, 2.75) is 53.0 Å². The van der Waals surface area contributed by atoms with Crippen LogP contribution in [0.1, 0.15) is 47.5 Å². The molecule has 1 fully saturated rings. The summed E-state index contributed by atoms with van der Waals surface area (Å²) in [5.74, 6) is 2.14. The zero-order valence-corrected chi connectivity index (χ0v) is 13.4. The predicted octanol–water partition coefficient (Wildman–Crippen LogP) is 2.06. The lowest BCUT2D eigenvalue weighted by molar-refractivity contribution is 0.0513. The first-order valence-corrected chi connectivity index (χ1v) is 7.64. The van der Waals surface area contributed by atoms with Gasteiger partial charge in [0.05, 0.1) is 6.54 Å². The number of nitrogens with zero attached hydrogens (tertiary/aromatic N) is 2. The van der Waals surface area contributed by atoms with Crippen LogP contribution in [-0.2, 0) is 0 Å². The van der Waals surface area contributed by atoms with Gasteiger partial charge < -0.3 is 11.1 Å². The van der Waals surface area contributed by atoms with Crippen LogP contribution in [0.15, 0.2) is 4.99 Å². The van der Waals surface area contributed by atoms with Gasteiger partial charge in [-0.3, -0.25) is 9.89 Å². The Morgan fingerprint density at radius 3 is 2.42 bits per heavy atom. The molecule has 1 rings (SSSR count). The van der Waals surface area contributed by atoms with Crippen LogP contribution in [0.3, 0.4) is 0 Å². The number of likely N-dealkylation sites (tertiary alicyclic amines) is 1. The third kappa shape index (κ3) is 5.39. The molecule has 4 heteroatoms. The van der Waals surface area contributed by atoms with Crippen molar-refractivity contribution in [2.75, 3.05) is 26.2 Å². The van der Waals surface area contributed by atoms with Gasteiger partial charge >= 0.3 is 0 Å². The van der Waals surface area contributed by atoms with Crippen molar-refractivity contribution in [2.24, 2.45) is 22.6 Å². The highest BCUT2D eigenvalue weighted by Gasteiger charge is 2.32. The SMILES string of the molecule is CCCNC(N)=NCC(C)(C)N1CC(C)CC(C)C1. The molecule has 19 heavy (non-hydrogen) atoms. The van der Waals surface area contributed by atoms with Crippen LogP contribution >= 0.6 is 0 Å². The summed E-state index contributed by atoms with van der Waals surface area (Å²) in [6, 6.07) is 0. The number of nitrogens with two attached hydrogens (primary N) is 1. The summed E-state index contributed by atoms with van der Waals surface area (Å²) in [5.41, 5.74) is 5.96. The lowest BCUT2D eigenvalue weighted by Gasteiger charge is -2.44. The van der Waals surface area contributed by atoms with E-state index in [-0.39, 0.29) is 5.54 Å². The van der Waals surface area contributed by atoms with E-state index in [0.29, 0.717) is 5.96 Å². The van der Waals surface area contributed by atoms with Crippen LogP contribution in [0.25, 0.3) is 0 Å². The van der Waals surface area contributed by atoms with Crippen LogP contribution in [0.2, 0.25) is 0 Å². The number of hydrogen-bond acceptors (Lipinski definition) is 2. The molecule has 1 aliphatic rings. The molecular weight excluding hydrogens is 236 g/mol. The minimum absolute atomic E-state index is 0.0848. The van der Waals surface area contributed by atoms with Gasteiger partial charge in [0.2, 0.25) is 0 Å². The van der Waals surface area contributed by atoms with Gasteiger partial charge in [0.1, 0.15) is 0 Å². The summed E-state index contributed by atoms with van der Waals surface area (Å²) in [5, 5.41) is 3.13. The first-order valence-electron chi connectivity index (χ1n) is 7.64. The number of nitrogens with one attached hydrogen (secondary N) is 1. The molecule has 0 aliphatic carbocycles. The van der Waals surface area contributed by atoms with E-state index in [0.717, 1.165) is 31.3 Å². The molecule has 1 heterocycles. The minimum atomic E-state index is 0.0848. The molecule has 0 aromatic rings. The van der Waals surface area contributed by atoms with E-state index in [4.69, 9.17) is 5.73 Å². The molecule has 3 N–H and O–H groups in total. The second kappa shape index (κ2) is 7.13. The fraction of sp³-hybridized carbons (Fsp3) is 0.933. The van der Waals surface area contributed by atoms with Crippen LogP contribution in [0.5, 0.6) is 0 Å². The van der Waals surface area contributed by atoms with Crippen molar-refractivity contribution in [1.82, 2.24) is 10.2 Å².